The molecular formula is C12H20N2. The van der Waals surface area contributed by atoms with Crippen molar-refractivity contribution in [1.29, 1.82) is 0 Å². The third-order valence-electron chi connectivity index (χ3n) is 2.50. The molecular weight excluding hydrogens is 172 g/mol. The molecule has 4 N–H and O–H groups in total. The van der Waals surface area contributed by atoms with Crippen LogP contribution in [0, 0.1) is 0 Å². The standard InChI is InChI=1S/C6H8N2.C6H12/c7-5-3-1-2-4-6(5)8;1-2-4-6-5-3-1/h1-4H,7-8H2;1-6H2. The molecule has 0 atom stereocenters. The van der Waals surface area contributed by atoms with Crippen molar-refractivity contribution in [3.8, 4) is 0 Å². The van der Waals surface area contributed by atoms with Gasteiger partial charge in [0.15, 0.2) is 0 Å². The number of hydrogen-bond acceptors (Lipinski definition) is 2. The number of para-hydroxylation sites is 2. The van der Waals surface area contributed by atoms with Crippen LogP contribution in [0.3, 0.4) is 0 Å². The van der Waals surface area contributed by atoms with E-state index in [1.807, 2.05) is 12.1 Å². The second-order valence-corrected chi connectivity index (χ2v) is 3.75. The quantitative estimate of drug-likeness (QED) is 0.620. The molecule has 2 rings (SSSR count). The molecule has 0 aliphatic heterocycles. The molecule has 1 aromatic rings. The Labute approximate surface area is 86.3 Å². The maximum absolute atomic E-state index is 5.39. The van der Waals surface area contributed by atoms with Crippen molar-refractivity contribution < 1.29 is 0 Å². The molecule has 0 radical (unpaired) electrons. The van der Waals surface area contributed by atoms with E-state index in [2.05, 4.69) is 0 Å². The van der Waals surface area contributed by atoms with E-state index in [1.165, 1.54) is 38.5 Å². The van der Waals surface area contributed by atoms with Crippen LogP contribution in [0.4, 0.5) is 11.4 Å². The molecule has 0 unspecified atom stereocenters. The summed E-state index contributed by atoms with van der Waals surface area (Å²) in [7, 11) is 0. The fourth-order valence-electron chi connectivity index (χ4n) is 1.57. The lowest BCUT2D eigenvalue weighted by atomic mass is 10.0. The maximum atomic E-state index is 5.39. The van der Waals surface area contributed by atoms with Crippen molar-refractivity contribution in [3.63, 3.8) is 0 Å². The average molecular weight is 192 g/mol. The molecule has 1 aliphatic carbocycles. The second-order valence-electron chi connectivity index (χ2n) is 3.75. The largest absolute Gasteiger partial charge is 0.397 e. The van der Waals surface area contributed by atoms with E-state index in [4.69, 9.17) is 11.5 Å². The van der Waals surface area contributed by atoms with Crippen molar-refractivity contribution in [2.45, 2.75) is 38.5 Å². The van der Waals surface area contributed by atoms with Crippen molar-refractivity contribution >= 4 is 11.4 Å². The number of nitrogen functional groups attached to an aromatic ring is 2. The molecule has 0 bridgehead atoms. The molecule has 0 spiro atoms. The fourth-order valence-corrected chi connectivity index (χ4v) is 1.57. The molecule has 1 fully saturated rings. The van der Waals surface area contributed by atoms with Crippen LogP contribution in [0.1, 0.15) is 38.5 Å². The van der Waals surface area contributed by atoms with Gasteiger partial charge in [-0.25, -0.2) is 0 Å². The van der Waals surface area contributed by atoms with E-state index >= 15 is 0 Å². The first kappa shape index (κ1) is 10.9. The normalized spacial score (nSPS) is 15.4. The van der Waals surface area contributed by atoms with Crippen molar-refractivity contribution in [3.05, 3.63) is 24.3 Å². The molecule has 0 aromatic heterocycles. The Kier molecular flexibility index (Phi) is 4.90. The summed E-state index contributed by atoms with van der Waals surface area (Å²) >= 11 is 0. The third-order valence-corrected chi connectivity index (χ3v) is 2.50. The smallest absolute Gasteiger partial charge is 0.0547 e. The first-order chi connectivity index (χ1) is 6.80. The van der Waals surface area contributed by atoms with E-state index in [0.717, 1.165) is 0 Å². The summed E-state index contributed by atoms with van der Waals surface area (Å²) in [5, 5.41) is 0. The van der Waals surface area contributed by atoms with Gasteiger partial charge in [-0.15, -0.1) is 0 Å². The zero-order chi connectivity index (χ0) is 10.2. The summed E-state index contributed by atoms with van der Waals surface area (Å²) in [4.78, 5) is 0. The van der Waals surface area contributed by atoms with E-state index in [-0.39, 0.29) is 0 Å². The van der Waals surface area contributed by atoms with Gasteiger partial charge in [-0.1, -0.05) is 50.7 Å². The third kappa shape index (κ3) is 4.17. The van der Waals surface area contributed by atoms with E-state index in [9.17, 15) is 0 Å². The Morgan fingerprint density at radius 2 is 0.929 bits per heavy atom. The van der Waals surface area contributed by atoms with Gasteiger partial charge < -0.3 is 11.5 Å². The highest BCUT2D eigenvalue weighted by Crippen LogP contribution is 2.15. The highest BCUT2D eigenvalue weighted by atomic mass is 14.7. The minimum absolute atomic E-state index is 0.646. The lowest BCUT2D eigenvalue weighted by molar-refractivity contribution is 0.504. The van der Waals surface area contributed by atoms with Crippen molar-refractivity contribution in [2.75, 3.05) is 11.5 Å². The van der Waals surface area contributed by atoms with Gasteiger partial charge in [0, 0.05) is 0 Å². The van der Waals surface area contributed by atoms with Crippen molar-refractivity contribution in [2.24, 2.45) is 0 Å². The molecule has 1 aromatic carbocycles. The predicted molar refractivity (Wildman–Crippen MR) is 63.0 cm³/mol. The minimum atomic E-state index is 0.646. The lowest BCUT2D eigenvalue weighted by Crippen LogP contribution is -1.91. The van der Waals surface area contributed by atoms with Crippen LogP contribution in [0.25, 0.3) is 0 Å². The van der Waals surface area contributed by atoms with Gasteiger partial charge in [0.25, 0.3) is 0 Å². The Morgan fingerprint density at radius 3 is 1.14 bits per heavy atom. The zero-order valence-corrected chi connectivity index (χ0v) is 8.71. The first-order valence-electron chi connectivity index (χ1n) is 5.40. The Bertz CT molecular complexity index is 222. The van der Waals surface area contributed by atoms with Crippen LogP contribution in [-0.2, 0) is 0 Å². The van der Waals surface area contributed by atoms with E-state index in [0.29, 0.717) is 11.4 Å². The Hall–Kier alpha value is -1.18. The summed E-state index contributed by atoms with van der Waals surface area (Å²) in [6.45, 7) is 0. The number of hydrogen-bond donors (Lipinski definition) is 2. The summed E-state index contributed by atoms with van der Waals surface area (Å²) in [5.74, 6) is 0. The van der Waals surface area contributed by atoms with Gasteiger partial charge in [-0.05, 0) is 12.1 Å². The zero-order valence-electron chi connectivity index (χ0n) is 8.71. The molecule has 2 nitrogen and oxygen atoms in total. The van der Waals surface area contributed by atoms with E-state index < -0.39 is 0 Å². The van der Waals surface area contributed by atoms with Gasteiger partial charge in [0.1, 0.15) is 0 Å². The monoisotopic (exact) mass is 192 g/mol. The van der Waals surface area contributed by atoms with Gasteiger partial charge in [0.2, 0.25) is 0 Å². The van der Waals surface area contributed by atoms with Gasteiger partial charge in [-0.3, -0.25) is 0 Å². The van der Waals surface area contributed by atoms with Crippen LogP contribution >= 0.6 is 0 Å². The van der Waals surface area contributed by atoms with Gasteiger partial charge in [-0.2, -0.15) is 0 Å². The summed E-state index contributed by atoms with van der Waals surface area (Å²) in [6, 6.07) is 7.25. The first-order valence-corrected chi connectivity index (χ1v) is 5.40. The SMILES string of the molecule is C1CCCCC1.Nc1ccccc1N. The van der Waals surface area contributed by atoms with Crippen LogP contribution < -0.4 is 11.5 Å². The summed E-state index contributed by atoms with van der Waals surface area (Å²) in [6.07, 6.45) is 9.00. The number of nitrogens with two attached hydrogens (primary N) is 2. The number of anilines is 2. The molecule has 2 heteroatoms. The van der Waals surface area contributed by atoms with Crippen LogP contribution in [0.5, 0.6) is 0 Å². The average Bonchev–Trinajstić information content (AvgIpc) is 2.26. The second kappa shape index (κ2) is 6.30. The molecule has 0 heterocycles. The van der Waals surface area contributed by atoms with Gasteiger partial charge >= 0.3 is 0 Å². The fraction of sp³-hybridized carbons (Fsp3) is 0.500. The molecule has 1 saturated carbocycles. The van der Waals surface area contributed by atoms with Crippen LogP contribution in [0.15, 0.2) is 24.3 Å². The summed E-state index contributed by atoms with van der Waals surface area (Å²) < 4.78 is 0. The molecule has 78 valence electrons. The molecule has 1 aliphatic rings. The number of rotatable bonds is 0. The van der Waals surface area contributed by atoms with Crippen molar-refractivity contribution in [1.82, 2.24) is 0 Å². The van der Waals surface area contributed by atoms with Gasteiger partial charge in [0.05, 0.1) is 11.4 Å². The minimum Gasteiger partial charge on any atom is -0.397 e. The van der Waals surface area contributed by atoms with Crippen LogP contribution in [0.2, 0.25) is 0 Å². The summed E-state index contributed by atoms with van der Waals surface area (Å²) in [5.41, 5.74) is 12.1. The maximum Gasteiger partial charge on any atom is 0.0547 e. The van der Waals surface area contributed by atoms with E-state index in [1.54, 1.807) is 12.1 Å². The highest BCUT2D eigenvalue weighted by molar-refractivity contribution is 5.62. The molecule has 14 heavy (non-hydrogen) atoms. The Balaban J connectivity index is 0.000000146. The Morgan fingerprint density at radius 1 is 0.643 bits per heavy atom. The van der Waals surface area contributed by atoms with Crippen LogP contribution in [-0.4, -0.2) is 0 Å². The lowest BCUT2D eigenvalue weighted by Gasteiger charge is -2.05. The highest BCUT2D eigenvalue weighted by Gasteiger charge is 1.95. The molecule has 0 saturated heterocycles. The predicted octanol–water partition coefficient (Wildman–Crippen LogP) is 3.19. The number of benzene rings is 1. The topological polar surface area (TPSA) is 52.0 Å². The molecule has 0 amide bonds.